The molecule has 1 unspecified atom stereocenters. The molecule has 2 aromatic rings. The molecule has 24 heavy (non-hydrogen) atoms. The van der Waals surface area contributed by atoms with Crippen LogP contribution in [0.15, 0.2) is 79.4 Å². The predicted octanol–water partition coefficient (Wildman–Crippen LogP) is 5.03. The van der Waals surface area contributed by atoms with Crippen LogP contribution < -0.4 is 10.7 Å². The number of thiocarbonyl (C=S) groups is 1. The minimum absolute atomic E-state index is 0.0751. The summed E-state index contributed by atoms with van der Waals surface area (Å²) in [5, 5.41) is 1.59. The van der Waals surface area contributed by atoms with Crippen LogP contribution in [0.5, 0.6) is 5.75 Å². The van der Waals surface area contributed by atoms with Crippen LogP contribution in [0, 0.1) is 6.92 Å². The number of hydrogen-bond donors (Lipinski definition) is 1. The average molecular weight is 335 g/mol. The Morgan fingerprint density at radius 3 is 2.46 bits per heavy atom. The third-order valence-electron chi connectivity index (χ3n) is 3.86. The molecule has 0 amide bonds. The fourth-order valence-corrected chi connectivity index (χ4v) is 3.06. The van der Waals surface area contributed by atoms with Gasteiger partial charge < -0.3 is 4.84 Å². The van der Waals surface area contributed by atoms with Crippen molar-refractivity contribution < 1.29 is 4.84 Å². The molecule has 3 heteroatoms. The van der Waals surface area contributed by atoms with Crippen LogP contribution in [-0.2, 0) is 0 Å². The highest BCUT2D eigenvalue weighted by molar-refractivity contribution is 7.79. The van der Waals surface area contributed by atoms with E-state index in [4.69, 9.17) is 23.0 Å². The molecule has 0 radical (unpaired) electrons. The van der Waals surface area contributed by atoms with E-state index < -0.39 is 0 Å². The van der Waals surface area contributed by atoms with Gasteiger partial charge in [0.05, 0.1) is 0 Å². The fraction of sp³-hybridized carbons (Fsp3) is 0.0952. The maximum atomic E-state index is 5.58. The molecule has 0 aliphatic carbocycles. The van der Waals surface area contributed by atoms with Crippen LogP contribution in [0.2, 0.25) is 0 Å². The van der Waals surface area contributed by atoms with E-state index in [0.29, 0.717) is 5.75 Å². The zero-order valence-electron chi connectivity index (χ0n) is 13.7. The van der Waals surface area contributed by atoms with Gasteiger partial charge in [0.2, 0.25) is 0 Å². The van der Waals surface area contributed by atoms with E-state index in [1.165, 1.54) is 0 Å². The molecule has 0 spiro atoms. The van der Waals surface area contributed by atoms with E-state index in [0.717, 1.165) is 27.8 Å². The smallest absolute Gasteiger partial charge is 0.159 e. The Kier molecular flexibility index (Phi) is 6.24. The van der Waals surface area contributed by atoms with E-state index >= 15 is 0 Å². The molecular weight excluding hydrogens is 314 g/mol. The molecule has 2 nitrogen and oxygen atoms in total. The van der Waals surface area contributed by atoms with Crippen LogP contribution in [-0.4, -0.2) is 5.37 Å². The summed E-state index contributed by atoms with van der Waals surface area (Å²) in [6.45, 7) is 9.79. The Labute approximate surface area is 148 Å². The van der Waals surface area contributed by atoms with E-state index in [1.54, 1.807) is 11.4 Å². The summed E-state index contributed by atoms with van der Waals surface area (Å²) in [6.07, 6.45) is 5.54. The molecule has 0 bridgehead atoms. The molecule has 0 fully saturated rings. The first kappa shape index (κ1) is 17.9. The van der Waals surface area contributed by atoms with Gasteiger partial charge in [-0.2, -0.15) is 5.90 Å². The average Bonchev–Trinajstić information content (AvgIpc) is 2.61. The van der Waals surface area contributed by atoms with Gasteiger partial charge >= 0.3 is 0 Å². The van der Waals surface area contributed by atoms with E-state index in [-0.39, 0.29) is 5.92 Å². The topological polar surface area (TPSA) is 35.2 Å². The van der Waals surface area contributed by atoms with Crippen LogP contribution in [0.3, 0.4) is 0 Å². The van der Waals surface area contributed by atoms with Crippen molar-refractivity contribution in [1.29, 1.82) is 0 Å². The van der Waals surface area contributed by atoms with Crippen LogP contribution >= 0.6 is 12.2 Å². The molecule has 2 aromatic carbocycles. The summed E-state index contributed by atoms with van der Waals surface area (Å²) >= 11 is 5.13. The monoisotopic (exact) mass is 335 g/mol. The Morgan fingerprint density at radius 2 is 1.92 bits per heavy atom. The second kappa shape index (κ2) is 8.39. The number of allylic oxidation sites excluding steroid dienone is 4. The number of benzene rings is 2. The summed E-state index contributed by atoms with van der Waals surface area (Å²) in [5.74, 6) is 6.09. The summed E-state index contributed by atoms with van der Waals surface area (Å²) in [5.41, 5.74) is 4.96. The first-order chi connectivity index (χ1) is 11.7. The summed E-state index contributed by atoms with van der Waals surface area (Å²) in [4.78, 5) is 5.21. The minimum atomic E-state index is -0.0751. The van der Waals surface area contributed by atoms with Crippen molar-refractivity contribution in [2.45, 2.75) is 12.8 Å². The first-order valence-electron chi connectivity index (χ1n) is 7.62. The number of aryl methyl sites for hydroxylation is 1. The van der Waals surface area contributed by atoms with Gasteiger partial charge in [0.25, 0.3) is 0 Å². The zero-order chi connectivity index (χ0) is 17.5. The van der Waals surface area contributed by atoms with Crippen molar-refractivity contribution >= 4 is 17.6 Å². The largest absolute Gasteiger partial charge is 0.411 e. The molecule has 2 N–H and O–H groups in total. The summed E-state index contributed by atoms with van der Waals surface area (Å²) < 4.78 is 0. The maximum absolute atomic E-state index is 5.58. The Balaban J connectivity index is 2.80. The minimum Gasteiger partial charge on any atom is -0.411 e. The third-order valence-corrected chi connectivity index (χ3v) is 4.11. The molecule has 1 atom stereocenters. The van der Waals surface area contributed by atoms with Crippen molar-refractivity contribution in [2.24, 2.45) is 5.90 Å². The van der Waals surface area contributed by atoms with Gasteiger partial charge in [0.15, 0.2) is 5.75 Å². The van der Waals surface area contributed by atoms with Crippen molar-refractivity contribution in [1.82, 2.24) is 0 Å². The lowest BCUT2D eigenvalue weighted by molar-refractivity contribution is 0.330. The van der Waals surface area contributed by atoms with Crippen LogP contribution in [0.25, 0.3) is 0 Å². The van der Waals surface area contributed by atoms with E-state index in [1.807, 2.05) is 43.3 Å². The Bertz CT molecular complexity index is 778. The Morgan fingerprint density at radius 1 is 1.21 bits per heavy atom. The Hall–Kier alpha value is -2.49. The summed E-state index contributed by atoms with van der Waals surface area (Å²) in [7, 11) is 0. The molecule has 0 aliphatic rings. The lowest BCUT2D eigenvalue weighted by Gasteiger charge is -2.23. The molecule has 0 saturated heterocycles. The second-order valence-electron chi connectivity index (χ2n) is 5.46. The van der Waals surface area contributed by atoms with Crippen LogP contribution in [0.1, 0.15) is 28.2 Å². The third kappa shape index (κ3) is 3.70. The van der Waals surface area contributed by atoms with Gasteiger partial charge in [-0.25, -0.2) is 0 Å². The number of hydrogen-bond acceptors (Lipinski definition) is 3. The van der Waals surface area contributed by atoms with Crippen molar-refractivity contribution in [3.05, 3.63) is 102 Å². The van der Waals surface area contributed by atoms with Gasteiger partial charge in [-0.15, -0.1) is 0 Å². The van der Waals surface area contributed by atoms with Gasteiger partial charge in [0, 0.05) is 22.4 Å². The van der Waals surface area contributed by atoms with Gasteiger partial charge in [0.1, 0.15) is 0 Å². The standard InChI is InChI=1S/C21H21NOS/c1-4-9-16(5-2)20(17-10-7-6-8-11-17)19-13-15(3)12-18(14-24)21(19)23-22/h4-14,20H,1-2,22H2,3H3/b16-9+. The van der Waals surface area contributed by atoms with Crippen molar-refractivity contribution in [2.75, 3.05) is 0 Å². The SMILES string of the molecule is C=C/C=C(\C=C)C(c1ccccc1)c1cc(C)cc(C=S)c1ON. The quantitative estimate of drug-likeness (QED) is 0.438. The van der Waals surface area contributed by atoms with Crippen molar-refractivity contribution in [3.63, 3.8) is 0 Å². The lowest BCUT2D eigenvalue weighted by Crippen LogP contribution is -2.12. The molecule has 2 rings (SSSR count). The van der Waals surface area contributed by atoms with E-state index in [9.17, 15) is 0 Å². The molecule has 122 valence electrons. The molecule has 0 aliphatic heterocycles. The van der Waals surface area contributed by atoms with Gasteiger partial charge in [-0.3, -0.25) is 0 Å². The first-order valence-corrected chi connectivity index (χ1v) is 8.09. The highest BCUT2D eigenvalue weighted by Gasteiger charge is 2.23. The maximum Gasteiger partial charge on any atom is 0.159 e. The highest BCUT2D eigenvalue weighted by Crippen LogP contribution is 2.39. The van der Waals surface area contributed by atoms with Crippen LogP contribution in [0.4, 0.5) is 0 Å². The fourth-order valence-electron chi connectivity index (χ4n) is 2.88. The molecule has 0 heterocycles. The summed E-state index contributed by atoms with van der Waals surface area (Å²) in [6, 6.07) is 14.2. The van der Waals surface area contributed by atoms with Gasteiger partial charge in [-0.05, 0) is 29.7 Å². The highest BCUT2D eigenvalue weighted by atomic mass is 32.1. The second-order valence-corrected chi connectivity index (χ2v) is 5.69. The number of nitrogens with two attached hydrogens (primary N) is 1. The molecular formula is C21H21NOS. The lowest BCUT2D eigenvalue weighted by atomic mass is 9.82. The van der Waals surface area contributed by atoms with E-state index in [2.05, 4.69) is 31.4 Å². The predicted molar refractivity (Wildman–Crippen MR) is 106 cm³/mol. The normalized spacial score (nSPS) is 12.3. The molecule has 0 saturated carbocycles. The van der Waals surface area contributed by atoms with Gasteiger partial charge in [-0.1, -0.05) is 80.0 Å². The zero-order valence-corrected chi connectivity index (χ0v) is 14.6. The van der Waals surface area contributed by atoms with Crippen molar-refractivity contribution in [3.8, 4) is 5.75 Å². The number of rotatable bonds is 7. The molecule has 0 aromatic heterocycles.